The summed E-state index contributed by atoms with van der Waals surface area (Å²) in [4.78, 5) is 0. The van der Waals surface area contributed by atoms with Crippen molar-refractivity contribution in [1.29, 1.82) is 0 Å². The molecule has 0 bridgehead atoms. The molecule has 1 fully saturated rings. The monoisotopic (exact) mass is 213 g/mol. The first-order valence-corrected chi connectivity index (χ1v) is 3.13. The van der Waals surface area contributed by atoms with Gasteiger partial charge in [0.15, 0.2) is 0 Å². The van der Waals surface area contributed by atoms with Crippen LogP contribution < -0.4 is 0 Å². The first-order chi connectivity index (χ1) is 3.93. The molecule has 0 aromatic rings. The van der Waals surface area contributed by atoms with Crippen molar-refractivity contribution in [3.8, 4) is 0 Å². The van der Waals surface area contributed by atoms with Crippen molar-refractivity contribution in [2.24, 2.45) is 5.16 Å². The van der Waals surface area contributed by atoms with Gasteiger partial charge in [-0.05, 0) is 25.7 Å². The van der Waals surface area contributed by atoms with Crippen molar-refractivity contribution in [3.63, 3.8) is 0 Å². The summed E-state index contributed by atoms with van der Waals surface area (Å²) in [6.45, 7) is 0. The van der Waals surface area contributed by atoms with Crippen LogP contribution in [0.15, 0.2) is 5.16 Å². The van der Waals surface area contributed by atoms with Crippen LogP contribution in [0.25, 0.3) is 0 Å². The van der Waals surface area contributed by atoms with Gasteiger partial charge >= 0.3 is 0 Å². The molecular weight excluding hydrogens is 197 g/mol. The molecule has 0 aromatic carbocycles. The summed E-state index contributed by atoms with van der Waals surface area (Å²) in [6, 6.07) is 0. The van der Waals surface area contributed by atoms with Gasteiger partial charge < -0.3 is 10.7 Å². The summed E-state index contributed by atoms with van der Waals surface area (Å²) >= 11 is 0. The average Bonchev–Trinajstić information content (AvgIpc) is 1.90. The van der Waals surface area contributed by atoms with Gasteiger partial charge in [-0.15, -0.1) is 0 Å². The van der Waals surface area contributed by atoms with E-state index in [1.54, 1.807) is 0 Å². The van der Waals surface area contributed by atoms with E-state index >= 15 is 0 Å². The Kier molecular flexibility index (Phi) is 16.9. The van der Waals surface area contributed by atoms with Crippen molar-refractivity contribution in [2.75, 3.05) is 0 Å². The third kappa shape index (κ3) is 6.95. The van der Waals surface area contributed by atoms with Gasteiger partial charge in [0.25, 0.3) is 0 Å². The molecule has 0 aliphatic heterocycles. The Bertz CT molecular complexity index is 103. The van der Waals surface area contributed by atoms with Crippen molar-refractivity contribution >= 4 is 15.6 Å². The molecule has 1 aliphatic rings. The topological polar surface area (TPSA) is 64.1 Å². The van der Waals surface area contributed by atoms with E-state index in [-0.39, 0.29) is 37.1 Å². The molecule has 0 amide bonds. The summed E-state index contributed by atoms with van der Waals surface area (Å²) in [6.07, 6.45) is 5.74. The second-order valence-corrected chi connectivity index (χ2v) is 2.23. The minimum absolute atomic E-state index is 0. The molecule has 0 aromatic heterocycles. The molecule has 1 atom stereocenters. The third-order valence-corrected chi connectivity index (χ3v) is 1.57. The van der Waals surface area contributed by atoms with Crippen LogP contribution in [0, 0.1) is 0 Å². The van der Waals surface area contributed by atoms with E-state index in [0.717, 1.165) is 18.6 Å². The molecule has 3 nitrogen and oxygen atoms in total. The smallest absolute Gasteiger partial charge is 0.0570 e. The summed E-state index contributed by atoms with van der Waals surface area (Å²) in [5.41, 5.74) is 0.983. The van der Waals surface area contributed by atoms with E-state index < -0.39 is 0 Å². The van der Waals surface area contributed by atoms with E-state index in [9.17, 15) is 0 Å². The van der Waals surface area contributed by atoms with Gasteiger partial charge in [0.2, 0.25) is 0 Å². The van der Waals surface area contributed by atoms with E-state index in [1.165, 1.54) is 19.3 Å². The average molecular weight is 213 g/mol. The fraction of sp³-hybridized carbons (Fsp3) is 0.833. The Morgan fingerprint density at radius 2 is 1.55 bits per heavy atom. The maximum absolute atomic E-state index is 8.28. The van der Waals surface area contributed by atoms with Gasteiger partial charge in [-0.1, -0.05) is 11.6 Å². The number of rotatable bonds is 0. The van der Waals surface area contributed by atoms with Gasteiger partial charge in [-0.25, -0.2) is 0 Å². The normalized spacial score (nSPS) is 15.1. The fourth-order valence-corrected chi connectivity index (χ4v) is 1.06. The predicted molar refractivity (Wildman–Crippen MR) is 47.0 cm³/mol. The molecule has 66 valence electrons. The zero-order chi connectivity index (χ0) is 5.82. The first-order valence-electron chi connectivity index (χ1n) is 3.13. The first kappa shape index (κ1) is 17.6. The van der Waals surface area contributed by atoms with Crippen LogP contribution in [0.2, 0.25) is 0 Å². The number of nitrogens with zero attached hydrogens (tertiary/aromatic N) is 1. The van der Waals surface area contributed by atoms with Crippen LogP contribution >= 0.6 is 9.90 Å². The Hall–Kier alpha value is 0.574. The molecule has 0 spiro atoms. The SMILES string of the molecule is O.ON=C1CCCCC1.P.[Ti]. The summed E-state index contributed by atoms with van der Waals surface area (Å²) < 4.78 is 0. The van der Waals surface area contributed by atoms with Crippen molar-refractivity contribution in [1.82, 2.24) is 0 Å². The maximum atomic E-state index is 8.28. The molecule has 1 rings (SSSR count). The Labute approximate surface area is 85.4 Å². The van der Waals surface area contributed by atoms with Gasteiger partial charge in [0.05, 0.1) is 5.71 Å². The van der Waals surface area contributed by atoms with Crippen molar-refractivity contribution in [3.05, 3.63) is 0 Å². The molecule has 0 radical (unpaired) electrons. The summed E-state index contributed by atoms with van der Waals surface area (Å²) in [7, 11) is 0. The summed E-state index contributed by atoms with van der Waals surface area (Å²) in [5.74, 6) is 0. The van der Waals surface area contributed by atoms with Gasteiger partial charge in [0.1, 0.15) is 0 Å². The van der Waals surface area contributed by atoms with Crippen LogP contribution in [0.5, 0.6) is 0 Å². The van der Waals surface area contributed by atoms with Crippen LogP contribution in [-0.4, -0.2) is 16.4 Å². The van der Waals surface area contributed by atoms with Crippen LogP contribution in [0.3, 0.4) is 0 Å². The van der Waals surface area contributed by atoms with Gasteiger partial charge in [0, 0.05) is 21.7 Å². The molecule has 5 heteroatoms. The van der Waals surface area contributed by atoms with Crippen molar-refractivity contribution in [2.45, 2.75) is 32.1 Å². The molecular formula is C6H16NO2PTi. The van der Waals surface area contributed by atoms with Crippen LogP contribution in [0.1, 0.15) is 32.1 Å². The molecule has 11 heavy (non-hydrogen) atoms. The number of oxime groups is 1. The summed E-state index contributed by atoms with van der Waals surface area (Å²) in [5, 5.41) is 11.4. The van der Waals surface area contributed by atoms with Gasteiger partial charge in [-0.3, -0.25) is 0 Å². The molecule has 0 saturated heterocycles. The van der Waals surface area contributed by atoms with Crippen LogP contribution in [-0.2, 0) is 21.7 Å². The van der Waals surface area contributed by atoms with Gasteiger partial charge in [-0.2, -0.15) is 9.90 Å². The van der Waals surface area contributed by atoms with E-state index in [1.807, 2.05) is 0 Å². The Morgan fingerprint density at radius 1 is 1.09 bits per heavy atom. The second-order valence-electron chi connectivity index (χ2n) is 2.23. The standard InChI is InChI=1S/C6H11NO.H2O.H3P.Ti/c8-7-6-4-2-1-3-5-6;;;/h8H,1-5H2;1H2;1H3;. The van der Waals surface area contributed by atoms with Crippen molar-refractivity contribution < 1.29 is 32.4 Å². The fourth-order valence-electron chi connectivity index (χ4n) is 1.06. The minimum atomic E-state index is 0. The largest absolute Gasteiger partial charge is 0.412 e. The van der Waals surface area contributed by atoms with E-state index in [2.05, 4.69) is 5.16 Å². The molecule has 1 unspecified atom stereocenters. The third-order valence-electron chi connectivity index (χ3n) is 1.57. The molecule has 0 heterocycles. The quantitative estimate of drug-likeness (QED) is 0.277. The Morgan fingerprint density at radius 3 is 1.82 bits per heavy atom. The molecule has 1 aliphatic carbocycles. The predicted octanol–water partition coefficient (Wildman–Crippen LogP) is 1.01. The van der Waals surface area contributed by atoms with E-state index in [0.29, 0.717) is 0 Å². The number of hydrogen-bond donors (Lipinski definition) is 1. The zero-order valence-electron chi connectivity index (χ0n) is 6.64. The maximum Gasteiger partial charge on any atom is 0.0570 e. The molecule has 3 N–H and O–H groups in total. The number of hydrogen-bond acceptors (Lipinski definition) is 2. The van der Waals surface area contributed by atoms with E-state index in [4.69, 9.17) is 5.21 Å². The Balaban J connectivity index is -0.000000213. The van der Waals surface area contributed by atoms with Crippen LogP contribution in [0.4, 0.5) is 0 Å². The second kappa shape index (κ2) is 10.6. The zero-order valence-corrected chi connectivity index (χ0v) is 9.61. The molecule has 1 saturated carbocycles. The minimum Gasteiger partial charge on any atom is -0.412 e.